The van der Waals surface area contributed by atoms with Gasteiger partial charge in [0.2, 0.25) is 0 Å². The van der Waals surface area contributed by atoms with Gasteiger partial charge in [0.1, 0.15) is 0 Å². The fraction of sp³-hybridized carbons (Fsp3) is 0.400. The van der Waals surface area contributed by atoms with E-state index in [1.54, 1.807) is 11.1 Å². The van der Waals surface area contributed by atoms with Crippen molar-refractivity contribution < 1.29 is 0 Å². The van der Waals surface area contributed by atoms with Crippen molar-refractivity contribution in [2.75, 3.05) is 7.05 Å². The number of benzene rings is 2. The van der Waals surface area contributed by atoms with Gasteiger partial charge in [0, 0.05) is 6.04 Å². The molecule has 1 aliphatic rings. The predicted octanol–water partition coefficient (Wildman–Crippen LogP) is 4.38. The van der Waals surface area contributed by atoms with Gasteiger partial charge in [-0.15, -0.1) is 0 Å². The zero-order valence-electron chi connectivity index (χ0n) is 13.2. The third-order valence-corrected chi connectivity index (χ3v) is 4.65. The third-order valence-electron chi connectivity index (χ3n) is 4.65. The molecule has 0 saturated carbocycles. The van der Waals surface area contributed by atoms with E-state index in [1.807, 2.05) is 0 Å². The average Bonchev–Trinajstić information content (AvgIpc) is 2.52. The molecule has 0 saturated heterocycles. The minimum atomic E-state index is 0.402. The van der Waals surface area contributed by atoms with E-state index in [9.17, 15) is 0 Å². The first-order valence-corrected chi connectivity index (χ1v) is 8.11. The Morgan fingerprint density at radius 3 is 2.57 bits per heavy atom. The average molecular weight is 279 g/mol. The maximum Gasteiger partial charge on any atom is 0.0358 e. The number of aryl methyl sites for hydroxylation is 3. The number of hydrogen-bond donors (Lipinski definition) is 1. The highest BCUT2D eigenvalue weighted by Gasteiger charge is 2.14. The molecule has 110 valence electrons. The van der Waals surface area contributed by atoms with Crippen LogP contribution in [0, 0.1) is 6.92 Å². The molecule has 1 atom stereocenters. The largest absolute Gasteiger partial charge is 0.313 e. The molecule has 1 nitrogen and oxygen atoms in total. The molecule has 0 bridgehead atoms. The van der Waals surface area contributed by atoms with E-state index in [2.05, 4.69) is 61.8 Å². The van der Waals surface area contributed by atoms with E-state index < -0.39 is 0 Å². The van der Waals surface area contributed by atoms with Crippen LogP contribution in [0.4, 0.5) is 0 Å². The van der Waals surface area contributed by atoms with Crippen molar-refractivity contribution in [1.82, 2.24) is 5.32 Å². The molecule has 0 aromatic heterocycles. The summed E-state index contributed by atoms with van der Waals surface area (Å²) in [5, 5.41) is 3.49. The second kappa shape index (κ2) is 6.44. The van der Waals surface area contributed by atoms with Gasteiger partial charge in [0.25, 0.3) is 0 Å². The van der Waals surface area contributed by atoms with Crippen molar-refractivity contribution in [2.45, 2.75) is 45.1 Å². The van der Waals surface area contributed by atoms with Crippen LogP contribution in [-0.2, 0) is 19.3 Å². The second-order valence-electron chi connectivity index (χ2n) is 6.27. The summed E-state index contributed by atoms with van der Waals surface area (Å²) in [7, 11) is 2.07. The van der Waals surface area contributed by atoms with Gasteiger partial charge < -0.3 is 5.32 Å². The SMILES string of the molecule is CNC(Cc1cccc(C)c1)c1ccc2c(c1)CCCC2. The Kier molecular flexibility index (Phi) is 4.40. The minimum Gasteiger partial charge on any atom is -0.313 e. The molecule has 1 heteroatoms. The van der Waals surface area contributed by atoms with Crippen LogP contribution in [0.15, 0.2) is 42.5 Å². The van der Waals surface area contributed by atoms with E-state index >= 15 is 0 Å². The molecule has 0 heterocycles. The normalized spacial score (nSPS) is 15.5. The first-order chi connectivity index (χ1) is 10.3. The highest BCUT2D eigenvalue weighted by molar-refractivity contribution is 5.36. The lowest BCUT2D eigenvalue weighted by atomic mass is 9.88. The summed E-state index contributed by atoms with van der Waals surface area (Å²) < 4.78 is 0. The topological polar surface area (TPSA) is 12.0 Å². The Bertz CT molecular complexity index is 615. The number of nitrogens with one attached hydrogen (secondary N) is 1. The molecule has 0 amide bonds. The number of hydrogen-bond acceptors (Lipinski definition) is 1. The minimum absolute atomic E-state index is 0.402. The van der Waals surface area contributed by atoms with Crippen LogP contribution in [0.25, 0.3) is 0 Å². The van der Waals surface area contributed by atoms with Gasteiger partial charge in [0.15, 0.2) is 0 Å². The summed E-state index contributed by atoms with van der Waals surface area (Å²) in [4.78, 5) is 0. The Hall–Kier alpha value is -1.60. The molecule has 2 aromatic rings. The molecule has 1 unspecified atom stereocenters. The van der Waals surface area contributed by atoms with Gasteiger partial charge in [0.05, 0.1) is 0 Å². The van der Waals surface area contributed by atoms with Crippen molar-refractivity contribution >= 4 is 0 Å². The molecule has 0 radical (unpaired) electrons. The van der Waals surface area contributed by atoms with Crippen LogP contribution in [0.3, 0.4) is 0 Å². The van der Waals surface area contributed by atoms with Crippen molar-refractivity contribution in [3.8, 4) is 0 Å². The number of rotatable bonds is 4. The lowest BCUT2D eigenvalue weighted by Gasteiger charge is -2.21. The number of likely N-dealkylation sites (N-methyl/N-ethyl adjacent to an activating group) is 1. The monoisotopic (exact) mass is 279 g/mol. The van der Waals surface area contributed by atoms with Gasteiger partial charge in [-0.05, 0) is 68.3 Å². The molecular weight excluding hydrogens is 254 g/mol. The summed E-state index contributed by atoms with van der Waals surface area (Å²) in [6, 6.07) is 16.4. The van der Waals surface area contributed by atoms with Crippen molar-refractivity contribution in [3.05, 3.63) is 70.3 Å². The zero-order valence-corrected chi connectivity index (χ0v) is 13.2. The quantitative estimate of drug-likeness (QED) is 0.876. The highest BCUT2D eigenvalue weighted by atomic mass is 14.9. The maximum absolute atomic E-state index is 3.49. The molecule has 3 rings (SSSR count). The summed E-state index contributed by atoms with van der Waals surface area (Å²) in [6.45, 7) is 2.16. The van der Waals surface area contributed by atoms with E-state index in [0.29, 0.717) is 6.04 Å². The van der Waals surface area contributed by atoms with E-state index in [-0.39, 0.29) is 0 Å². The Morgan fingerprint density at radius 2 is 1.81 bits per heavy atom. The Balaban J connectivity index is 1.82. The first-order valence-electron chi connectivity index (χ1n) is 8.11. The van der Waals surface area contributed by atoms with Gasteiger partial charge in [-0.25, -0.2) is 0 Å². The van der Waals surface area contributed by atoms with Gasteiger partial charge in [-0.2, -0.15) is 0 Å². The van der Waals surface area contributed by atoms with Gasteiger partial charge >= 0.3 is 0 Å². The Labute approximate surface area is 128 Å². The van der Waals surface area contributed by atoms with Crippen LogP contribution < -0.4 is 5.32 Å². The summed E-state index contributed by atoms with van der Waals surface area (Å²) >= 11 is 0. The predicted molar refractivity (Wildman–Crippen MR) is 89.8 cm³/mol. The molecule has 1 N–H and O–H groups in total. The second-order valence-corrected chi connectivity index (χ2v) is 6.27. The zero-order chi connectivity index (χ0) is 14.7. The van der Waals surface area contributed by atoms with Crippen LogP contribution in [-0.4, -0.2) is 7.05 Å². The third kappa shape index (κ3) is 3.36. The smallest absolute Gasteiger partial charge is 0.0358 e. The van der Waals surface area contributed by atoms with Gasteiger partial charge in [-0.1, -0.05) is 48.0 Å². The summed E-state index contributed by atoms with van der Waals surface area (Å²) in [5.74, 6) is 0. The van der Waals surface area contributed by atoms with Crippen molar-refractivity contribution in [2.24, 2.45) is 0 Å². The fourth-order valence-electron chi connectivity index (χ4n) is 3.43. The molecule has 1 aliphatic carbocycles. The van der Waals surface area contributed by atoms with E-state index in [4.69, 9.17) is 0 Å². The molecular formula is C20H25N. The fourth-order valence-corrected chi connectivity index (χ4v) is 3.43. The van der Waals surface area contributed by atoms with E-state index in [1.165, 1.54) is 42.4 Å². The van der Waals surface area contributed by atoms with Crippen LogP contribution in [0.2, 0.25) is 0 Å². The van der Waals surface area contributed by atoms with Crippen LogP contribution >= 0.6 is 0 Å². The molecule has 0 fully saturated rings. The lowest BCUT2D eigenvalue weighted by molar-refractivity contribution is 0.588. The van der Waals surface area contributed by atoms with Crippen molar-refractivity contribution in [3.63, 3.8) is 0 Å². The van der Waals surface area contributed by atoms with Crippen molar-refractivity contribution in [1.29, 1.82) is 0 Å². The number of fused-ring (bicyclic) bond motifs is 1. The molecule has 0 aliphatic heterocycles. The van der Waals surface area contributed by atoms with Crippen LogP contribution in [0.5, 0.6) is 0 Å². The van der Waals surface area contributed by atoms with Crippen LogP contribution in [0.1, 0.15) is 46.7 Å². The maximum atomic E-state index is 3.49. The summed E-state index contributed by atoms with van der Waals surface area (Å²) in [6.07, 6.45) is 6.27. The van der Waals surface area contributed by atoms with Gasteiger partial charge in [-0.3, -0.25) is 0 Å². The highest BCUT2D eigenvalue weighted by Crippen LogP contribution is 2.26. The van der Waals surface area contributed by atoms with E-state index in [0.717, 1.165) is 6.42 Å². The standard InChI is InChI=1S/C20H25N/c1-15-6-5-7-16(12-15)13-20(21-2)19-11-10-17-8-3-4-9-18(17)14-19/h5-7,10-12,14,20-21H,3-4,8-9,13H2,1-2H3. The summed E-state index contributed by atoms with van der Waals surface area (Å²) in [5.41, 5.74) is 7.32. The Morgan fingerprint density at radius 1 is 1.00 bits per heavy atom. The molecule has 21 heavy (non-hydrogen) atoms. The lowest BCUT2D eigenvalue weighted by Crippen LogP contribution is -2.19. The molecule has 2 aromatic carbocycles. The molecule has 0 spiro atoms. The first kappa shape index (κ1) is 14.3.